The van der Waals surface area contributed by atoms with E-state index in [1.807, 2.05) is 0 Å². The van der Waals surface area contributed by atoms with Gasteiger partial charge in [0.15, 0.2) is 0 Å². The third-order valence-corrected chi connectivity index (χ3v) is 3.54. The summed E-state index contributed by atoms with van der Waals surface area (Å²) in [6.07, 6.45) is 3.19. The van der Waals surface area contributed by atoms with Crippen molar-refractivity contribution in [1.82, 2.24) is 10.3 Å². The van der Waals surface area contributed by atoms with Crippen molar-refractivity contribution in [3.05, 3.63) is 16.1 Å². The quantitative estimate of drug-likeness (QED) is 0.790. The van der Waals surface area contributed by atoms with Gasteiger partial charge in [0.25, 0.3) is 0 Å². The summed E-state index contributed by atoms with van der Waals surface area (Å²) in [7, 11) is 0. The maximum absolute atomic E-state index is 8.79. The van der Waals surface area contributed by atoms with Crippen molar-refractivity contribution in [1.29, 1.82) is 0 Å². The molecular formula is C10H16N2OS. The lowest BCUT2D eigenvalue weighted by Crippen LogP contribution is -2.28. The Hall–Kier alpha value is -0.450. The Labute approximate surface area is 88.2 Å². The molecule has 2 N–H and O–H groups in total. The molecule has 1 aromatic heterocycles. The van der Waals surface area contributed by atoms with Crippen molar-refractivity contribution < 1.29 is 5.11 Å². The molecule has 1 aromatic rings. The number of rotatable bonds is 3. The Morgan fingerprint density at radius 2 is 2.57 bits per heavy atom. The molecule has 0 spiro atoms. The van der Waals surface area contributed by atoms with Crippen LogP contribution in [0.4, 0.5) is 0 Å². The lowest BCUT2D eigenvalue weighted by Gasteiger charge is -2.20. The van der Waals surface area contributed by atoms with Gasteiger partial charge in [-0.2, -0.15) is 0 Å². The fourth-order valence-corrected chi connectivity index (χ4v) is 2.70. The van der Waals surface area contributed by atoms with Gasteiger partial charge in [-0.1, -0.05) is 0 Å². The summed E-state index contributed by atoms with van der Waals surface area (Å²) < 4.78 is 0. The Morgan fingerprint density at radius 3 is 3.29 bits per heavy atom. The highest BCUT2D eigenvalue weighted by molar-refractivity contribution is 7.09. The topological polar surface area (TPSA) is 45.2 Å². The summed E-state index contributed by atoms with van der Waals surface area (Å²) in [4.78, 5) is 4.54. The number of hydrogen-bond donors (Lipinski definition) is 2. The fourth-order valence-electron chi connectivity index (χ4n) is 1.83. The van der Waals surface area contributed by atoms with Gasteiger partial charge in [-0.15, -0.1) is 11.3 Å². The van der Waals surface area contributed by atoms with E-state index in [4.69, 9.17) is 5.11 Å². The van der Waals surface area contributed by atoms with Crippen LogP contribution in [0.2, 0.25) is 0 Å². The molecule has 1 aliphatic heterocycles. The van der Waals surface area contributed by atoms with Gasteiger partial charge in [0.1, 0.15) is 0 Å². The molecule has 78 valence electrons. The molecule has 2 rings (SSSR count). The number of piperidine rings is 1. The van der Waals surface area contributed by atoms with Crippen molar-refractivity contribution in [2.24, 2.45) is 0 Å². The molecule has 0 amide bonds. The molecule has 0 bridgehead atoms. The van der Waals surface area contributed by atoms with Gasteiger partial charge < -0.3 is 10.4 Å². The molecule has 14 heavy (non-hydrogen) atoms. The average molecular weight is 212 g/mol. The number of aliphatic hydroxyl groups is 1. The van der Waals surface area contributed by atoms with E-state index in [0.29, 0.717) is 12.3 Å². The fraction of sp³-hybridized carbons (Fsp3) is 0.700. The van der Waals surface area contributed by atoms with Gasteiger partial charge in [-0.3, -0.25) is 0 Å². The zero-order valence-electron chi connectivity index (χ0n) is 8.20. The summed E-state index contributed by atoms with van der Waals surface area (Å²) in [6, 6.07) is 0. The molecule has 4 heteroatoms. The van der Waals surface area contributed by atoms with Crippen LogP contribution in [-0.4, -0.2) is 29.8 Å². The Morgan fingerprint density at radius 1 is 1.64 bits per heavy atom. The van der Waals surface area contributed by atoms with Crippen LogP contribution in [-0.2, 0) is 6.42 Å². The van der Waals surface area contributed by atoms with Crippen LogP contribution in [0.3, 0.4) is 0 Å². The minimum Gasteiger partial charge on any atom is -0.396 e. The highest BCUT2D eigenvalue weighted by atomic mass is 32.1. The monoisotopic (exact) mass is 212 g/mol. The molecule has 3 nitrogen and oxygen atoms in total. The first-order valence-electron chi connectivity index (χ1n) is 5.16. The van der Waals surface area contributed by atoms with Crippen molar-refractivity contribution in [3.8, 4) is 0 Å². The molecule has 1 saturated heterocycles. The zero-order chi connectivity index (χ0) is 9.80. The predicted molar refractivity (Wildman–Crippen MR) is 57.7 cm³/mol. The van der Waals surface area contributed by atoms with E-state index in [1.165, 1.54) is 18.5 Å². The molecule has 0 aliphatic carbocycles. The summed E-state index contributed by atoms with van der Waals surface area (Å²) in [5, 5.41) is 15.4. The predicted octanol–water partition coefficient (Wildman–Crippen LogP) is 1.14. The van der Waals surface area contributed by atoms with Crippen molar-refractivity contribution in [3.63, 3.8) is 0 Å². The van der Waals surface area contributed by atoms with E-state index >= 15 is 0 Å². The van der Waals surface area contributed by atoms with Crippen LogP contribution in [0.5, 0.6) is 0 Å². The number of aliphatic hydroxyl groups excluding tert-OH is 1. The third kappa shape index (κ3) is 2.32. The number of nitrogens with zero attached hydrogens (tertiary/aromatic N) is 1. The number of nitrogens with one attached hydrogen (secondary N) is 1. The SMILES string of the molecule is OCCc1nc(C2CCCNC2)cs1. The summed E-state index contributed by atoms with van der Waals surface area (Å²) >= 11 is 1.67. The van der Waals surface area contributed by atoms with Crippen LogP contribution in [0.15, 0.2) is 5.38 Å². The van der Waals surface area contributed by atoms with E-state index in [0.717, 1.165) is 18.1 Å². The first-order chi connectivity index (χ1) is 6.90. The molecule has 0 radical (unpaired) electrons. The second-order valence-electron chi connectivity index (χ2n) is 3.68. The summed E-state index contributed by atoms with van der Waals surface area (Å²) in [5.74, 6) is 0.590. The number of aromatic nitrogens is 1. The van der Waals surface area contributed by atoms with E-state index in [2.05, 4.69) is 15.7 Å². The van der Waals surface area contributed by atoms with E-state index in [9.17, 15) is 0 Å². The Bertz CT molecular complexity index is 281. The zero-order valence-corrected chi connectivity index (χ0v) is 9.02. The minimum absolute atomic E-state index is 0.204. The van der Waals surface area contributed by atoms with Crippen LogP contribution in [0, 0.1) is 0 Å². The molecule has 1 unspecified atom stereocenters. The van der Waals surface area contributed by atoms with E-state index in [-0.39, 0.29) is 6.61 Å². The Balaban J connectivity index is 2.00. The smallest absolute Gasteiger partial charge is 0.0951 e. The van der Waals surface area contributed by atoms with Crippen molar-refractivity contribution in [2.75, 3.05) is 19.7 Å². The lowest BCUT2D eigenvalue weighted by atomic mass is 9.97. The van der Waals surface area contributed by atoms with Gasteiger partial charge >= 0.3 is 0 Å². The van der Waals surface area contributed by atoms with Gasteiger partial charge in [-0.25, -0.2) is 4.98 Å². The second-order valence-corrected chi connectivity index (χ2v) is 4.63. The van der Waals surface area contributed by atoms with Crippen LogP contribution >= 0.6 is 11.3 Å². The van der Waals surface area contributed by atoms with Gasteiger partial charge in [0.05, 0.1) is 10.7 Å². The number of thiazole rings is 1. The van der Waals surface area contributed by atoms with Gasteiger partial charge in [-0.05, 0) is 19.4 Å². The average Bonchev–Trinajstić information content (AvgIpc) is 2.68. The van der Waals surface area contributed by atoms with Crippen molar-refractivity contribution >= 4 is 11.3 Å². The van der Waals surface area contributed by atoms with E-state index < -0.39 is 0 Å². The minimum atomic E-state index is 0.204. The maximum Gasteiger partial charge on any atom is 0.0951 e. The largest absolute Gasteiger partial charge is 0.396 e. The van der Waals surface area contributed by atoms with Crippen LogP contribution < -0.4 is 5.32 Å². The molecule has 1 aliphatic rings. The molecule has 1 fully saturated rings. The molecule has 0 saturated carbocycles. The molecule has 2 heterocycles. The highest BCUT2D eigenvalue weighted by Gasteiger charge is 2.17. The van der Waals surface area contributed by atoms with Gasteiger partial charge in [0, 0.05) is 30.9 Å². The standard InChI is InChI=1S/C10H16N2OS/c13-5-3-10-12-9(7-14-10)8-2-1-4-11-6-8/h7-8,11,13H,1-6H2. The highest BCUT2D eigenvalue weighted by Crippen LogP contribution is 2.24. The summed E-state index contributed by atoms with van der Waals surface area (Å²) in [5.41, 5.74) is 1.21. The Kier molecular flexibility index (Phi) is 3.50. The van der Waals surface area contributed by atoms with Crippen LogP contribution in [0.1, 0.15) is 29.5 Å². The maximum atomic E-state index is 8.79. The summed E-state index contributed by atoms with van der Waals surface area (Å²) in [6.45, 7) is 2.41. The second kappa shape index (κ2) is 4.87. The van der Waals surface area contributed by atoms with Gasteiger partial charge in [0.2, 0.25) is 0 Å². The first-order valence-corrected chi connectivity index (χ1v) is 6.04. The van der Waals surface area contributed by atoms with E-state index in [1.54, 1.807) is 11.3 Å². The lowest BCUT2D eigenvalue weighted by molar-refractivity contribution is 0.299. The third-order valence-electron chi connectivity index (χ3n) is 2.61. The first kappa shape index (κ1) is 10.1. The molecule has 0 aromatic carbocycles. The van der Waals surface area contributed by atoms with Crippen LogP contribution in [0.25, 0.3) is 0 Å². The molecule has 1 atom stereocenters. The number of hydrogen-bond acceptors (Lipinski definition) is 4. The normalized spacial score (nSPS) is 22.5. The van der Waals surface area contributed by atoms with Crippen molar-refractivity contribution in [2.45, 2.75) is 25.2 Å². The molecular weight excluding hydrogens is 196 g/mol.